The van der Waals surface area contributed by atoms with Crippen LogP contribution in [-0.2, 0) is 0 Å². The Bertz CT molecular complexity index is 624. The van der Waals surface area contributed by atoms with Crippen molar-refractivity contribution < 1.29 is 0 Å². The number of rotatable bonds is 1. The van der Waals surface area contributed by atoms with Gasteiger partial charge < -0.3 is 0 Å². The third kappa shape index (κ3) is 1.31. The van der Waals surface area contributed by atoms with E-state index < -0.39 is 0 Å². The molecule has 0 aliphatic rings. The highest BCUT2D eigenvalue weighted by molar-refractivity contribution is 5.98. The van der Waals surface area contributed by atoms with Gasteiger partial charge in [0.1, 0.15) is 0 Å². The van der Waals surface area contributed by atoms with Crippen molar-refractivity contribution in [3.8, 4) is 11.1 Å². The number of hydrogen-bond acceptors (Lipinski definition) is 1. The number of benzene rings is 2. The SMILES string of the molecule is Cc1ccc(-c2cn[nH]c2)c2ccccc12. The lowest BCUT2D eigenvalue weighted by Crippen LogP contribution is -1.82. The van der Waals surface area contributed by atoms with Crippen LogP contribution in [0.4, 0.5) is 0 Å². The molecular weight excluding hydrogens is 196 g/mol. The van der Waals surface area contributed by atoms with E-state index in [1.165, 1.54) is 21.9 Å². The van der Waals surface area contributed by atoms with Crippen LogP contribution in [-0.4, -0.2) is 10.2 Å². The summed E-state index contributed by atoms with van der Waals surface area (Å²) in [5.41, 5.74) is 3.67. The van der Waals surface area contributed by atoms with E-state index in [9.17, 15) is 0 Å². The van der Waals surface area contributed by atoms with E-state index in [-0.39, 0.29) is 0 Å². The topological polar surface area (TPSA) is 28.7 Å². The Labute approximate surface area is 93.9 Å². The summed E-state index contributed by atoms with van der Waals surface area (Å²) in [6, 6.07) is 12.8. The fourth-order valence-corrected chi connectivity index (χ4v) is 2.10. The molecule has 2 aromatic carbocycles. The van der Waals surface area contributed by atoms with Crippen LogP contribution in [0.5, 0.6) is 0 Å². The Morgan fingerprint density at radius 3 is 2.56 bits per heavy atom. The number of aromatic nitrogens is 2. The molecule has 0 unspecified atom stereocenters. The average Bonchev–Trinajstić information content (AvgIpc) is 2.83. The van der Waals surface area contributed by atoms with E-state index in [1.807, 2.05) is 12.4 Å². The van der Waals surface area contributed by atoms with Gasteiger partial charge in [0.15, 0.2) is 0 Å². The highest BCUT2D eigenvalue weighted by Crippen LogP contribution is 2.29. The summed E-state index contributed by atoms with van der Waals surface area (Å²) >= 11 is 0. The van der Waals surface area contributed by atoms with E-state index >= 15 is 0 Å². The summed E-state index contributed by atoms with van der Waals surface area (Å²) in [5.74, 6) is 0. The molecule has 0 radical (unpaired) electrons. The minimum absolute atomic E-state index is 1.14. The Morgan fingerprint density at radius 2 is 1.81 bits per heavy atom. The van der Waals surface area contributed by atoms with Gasteiger partial charge in [0.05, 0.1) is 6.20 Å². The van der Waals surface area contributed by atoms with Gasteiger partial charge in [0.25, 0.3) is 0 Å². The second-order valence-corrected chi connectivity index (χ2v) is 3.96. The summed E-state index contributed by atoms with van der Waals surface area (Å²) in [6.07, 6.45) is 3.79. The zero-order valence-electron chi connectivity index (χ0n) is 9.07. The first-order chi connectivity index (χ1) is 7.86. The van der Waals surface area contributed by atoms with Crippen LogP contribution in [0.15, 0.2) is 48.8 Å². The van der Waals surface area contributed by atoms with Crippen LogP contribution in [0.2, 0.25) is 0 Å². The van der Waals surface area contributed by atoms with Gasteiger partial charge in [-0.2, -0.15) is 5.10 Å². The molecule has 0 spiro atoms. The lowest BCUT2D eigenvalue weighted by Gasteiger charge is -2.06. The number of hydrogen-bond donors (Lipinski definition) is 1. The van der Waals surface area contributed by atoms with E-state index in [2.05, 4.69) is 53.5 Å². The number of nitrogens with one attached hydrogen (secondary N) is 1. The molecule has 0 atom stereocenters. The number of H-pyrrole nitrogens is 1. The van der Waals surface area contributed by atoms with Gasteiger partial charge in [0, 0.05) is 11.8 Å². The smallest absolute Gasteiger partial charge is 0.0565 e. The van der Waals surface area contributed by atoms with Crippen molar-refractivity contribution in [1.82, 2.24) is 10.2 Å². The van der Waals surface area contributed by atoms with Crippen LogP contribution in [0.1, 0.15) is 5.56 Å². The van der Waals surface area contributed by atoms with E-state index in [4.69, 9.17) is 0 Å². The molecular formula is C14H12N2. The summed E-state index contributed by atoms with van der Waals surface area (Å²) in [7, 11) is 0. The molecule has 1 heterocycles. The van der Waals surface area contributed by atoms with Gasteiger partial charge in [-0.25, -0.2) is 0 Å². The lowest BCUT2D eigenvalue weighted by molar-refractivity contribution is 1.09. The molecule has 78 valence electrons. The predicted molar refractivity (Wildman–Crippen MR) is 66.3 cm³/mol. The van der Waals surface area contributed by atoms with Crippen LogP contribution < -0.4 is 0 Å². The number of fused-ring (bicyclic) bond motifs is 1. The highest BCUT2D eigenvalue weighted by Gasteiger charge is 2.05. The van der Waals surface area contributed by atoms with Crippen molar-refractivity contribution in [1.29, 1.82) is 0 Å². The average molecular weight is 208 g/mol. The molecule has 2 heteroatoms. The third-order valence-electron chi connectivity index (χ3n) is 2.95. The molecule has 0 saturated heterocycles. The van der Waals surface area contributed by atoms with Gasteiger partial charge in [-0.3, -0.25) is 5.10 Å². The van der Waals surface area contributed by atoms with Crippen molar-refractivity contribution in [3.63, 3.8) is 0 Å². The fourth-order valence-electron chi connectivity index (χ4n) is 2.10. The van der Waals surface area contributed by atoms with E-state index in [1.54, 1.807) is 0 Å². The quantitative estimate of drug-likeness (QED) is 0.651. The summed E-state index contributed by atoms with van der Waals surface area (Å²) in [6.45, 7) is 2.14. The minimum Gasteiger partial charge on any atom is -0.285 e. The van der Waals surface area contributed by atoms with Crippen molar-refractivity contribution in [2.45, 2.75) is 6.92 Å². The summed E-state index contributed by atoms with van der Waals surface area (Å²) in [4.78, 5) is 0. The van der Waals surface area contributed by atoms with Crippen LogP contribution in [0.3, 0.4) is 0 Å². The monoisotopic (exact) mass is 208 g/mol. The second-order valence-electron chi connectivity index (χ2n) is 3.96. The fraction of sp³-hybridized carbons (Fsp3) is 0.0714. The molecule has 1 N–H and O–H groups in total. The van der Waals surface area contributed by atoms with E-state index in [0.717, 1.165) is 5.56 Å². The third-order valence-corrected chi connectivity index (χ3v) is 2.95. The standard InChI is InChI=1S/C14H12N2/c1-10-6-7-13(11-8-15-16-9-11)14-5-3-2-4-12(10)14/h2-9H,1H3,(H,15,16). The van der Waals surface area contributed by atoms with Gasteiger partial charge in [0.2, 0.25) is 0 Å². The Morgan fingerprint density at radius 1 is 1.00 bits per heavy atom. The number of aromatic amines is 1. The molecule has 1 aromatic heterocycles. The van der Waals surface area contributed by atoms with Crippen molar-refractivity contribution >= 4 is 10.8 Å². The van der Waals surface area contributed by atoms with Gasteiger partial charge in [-0.15, -0.1) is 0 Å². The maximum absolute atomic E-state index is 4.00. The summed E-state index contributed by atoms with van der Waals surface area (Å²) < 4.78 is 0. The Kier molecular flexibility index (Phi) is 2.00. The summed E-state index contributed by atoms with van der Waals surface area (Å²) in [5, 5.41) is 9.45. The maximum Gasteiger partial charge on any atom is 0.0565 e. The van der Waals surface area contributed by atoms with Crippen LogP contribution >= 0.6 is 0 Å². The van der Waals surface area contributed by atoms with Crippen molar-refractivity contribution in [2.24, 2.45) is 0 Å². The first kappa shape index (κ1) is 9.16. The predicted octanol–water partition coefficient (Wildman–Crippen LogP) is 3.54. The number of nitrogens with zero attached hydrogens (tertiary/aromatic N) is 1. The zero-order chi connectivity index (χ0) is 11.0. The Balaban J connectivity index is 2.39. The van der Waals surface area contributed by atoms with E-state index in [0.29, 0.717) is 0 Å². The largest absolute Gasteiger partial charge is 0.285 e. The van der Waals surface area contributed by atoms with Crippen molar-refractivity contribution in [3.05, 3.63) is 54.4 Å². The molecule has 0 bridgehead atoms. The van der Waals surface area contributed by atoms with Crippen LogP contribution in [0.25, 0.3) is 21.9 Å². The normalized spacial score (nSPS) is 10.8. The molecule has 0 amide bonds. The maximum atomic E-state index is 4.00. The van der Waals surface area contributed by atoms with Crippen molar-refractivity contribution in [2.75, 3.05) is 0 Å². The molecule has 3 rings (SSSR count). The minimum atomic E-state index is 1.14. The highest BCUT2D eigenvalue weighted by atomic mass is 15.1. The molecule has 2 nitrogen and oxygen atoms in total. The van der Waals surface area contributed by atoms with Crippen LogP contribution in [0, 0.1) is 6.92 Å². The first-order valence-electron chi connectivity index (χ1n) is 5.34. The van der Waals surface area contributed by atoms with Gasteiger partial charge in [-0.1, -0.05) is 36.4 Å². The van der Waals surface area contributed by atoms with Gasteiger partial charge >= 0.3 is 0 Å². The number of aryl methyl sites for hydroxylation is 1. The molecule has 16 heavy (non-hydrogen) atoms. The molecule has 0 aliphatic carbocycles. The van der Waals surface area contributed by atoms with Gasteiger partial charge in [-0.05, 0) is 28.8 Å². The molecule has 0 aliphatic heterocycles. The molecule has 3 aromatic rings. The zero-order valence-corrected chi connectivity index (χ0v) is 9.07. The lowest BCUT2D eigenvalue weighted by atomic mass is 9.97. The Hall–Kier alpha value is -2.09. The molecule has 0 saturated carbocycles. The second kappa shape index (κ2) is 3.49. The molecule has 0 fully saturated rings. The first-order valence-corrected chi connectivity index (χ1v) is 5.34.